The lowest BCUT2D eigenvalue weighted by Crippen LogP contribution is -2.28. The number of nitrogens with zero attached hydrogens (tertiary/aromatic N) is 2. The molecule has 2 rings (SSSR count). The van der Waals surface area contributed by atoms with Gasteiger partial charge in [-0.25, -0.2) is 4.98 Å². The van der Waals surface area contributed by atoms with Gasteiger partial charge in [0.25, 0.3) is 0 Å². The second kappa shape index (κ2) is 5.61. The molecule has 0 saturated heterocycles. The summed E-state index contributed by atoms with van der Waals surface area (Å²) in [5, 5.41) is 0. The Morgan fingerprint density at radius 2 is 2.12 bits per heavy atom. The molecule has 4 heteroatoms. The quantitative estimate of drug-likeness (QED) is 0.605. The Balaban J connectivity index is 1.97. The summed E-state index contributed by atoms with van der Waals surface area (Å²) in [6.07, 6.45) is 5.72. The van der Waals surface area contributed by atoms with Crippen LogP contribution in [-0.4, -0.2) is 9.55 Å². The van der Waals surface area contributed by atoms with E-state index in [1.807, 2.05) is 23.9 Å². The Bertz CT molecular complexity index is 449. The van der Waals surface area contributed by atoms with E-state index in [0.717, 1.165) is 18.5 Å². The summed E-state index contributed by atoms with van der Waals surface area (Å²) in [4.78, 5) is 4.32. The number of rotatable bonds is 5. The van der Waals surface area contributed by atoms with Crippen LogP contribution in [0, 0.1) is 0 Å². The van der Waals surface area contributed by atoms with Gasteiger partial charge in [-0.3, -0.25) is 11.3 Å². The van der Waals surface area contributed by atoms with E-state index in [9.17, 15) is 0 Å². The van der Waals surface area contributed by atoms with Crippen molar-refractivity contribution in [3.8, 4) is 0 Å². The number of hydrazine groups is 1. The van der Waals surface area contributed by atoms with Crippen molar-refractivity contribution in [2.24, 2.45) is 12.9 Å². The third kappa shape index (κ3) is 3.15. The molecule has 1 aromatic carbocycles. The van der Waals surface area contributed by atoms with Gasteiger partial charge in [0.1, 0.15) is 0 Å². The second-order valence-electron chi connectivity index (χ2n) is 4.21. The van der Waals surface area contributed by atoms with Gasteiger partial charge in [0.15, 0.2) is 0 Å². The molecule has 0 spiro atoms. The van der Waals surface area contributed by atoms with Gasteiger partial charge in [-0.1, -0.05) is 30.3 Å². The molecule has 3 N–H and O–H groups in total. The molecule has 90 valence electrons. The molecule has 0 aliphatic rings. The van der Waals surface area contributed by atoms with E-state index < -0.39 is 0 Å². The van der Waals surface area contributed by atoms with E-state index in [1.165, 1.54) is 5.56 Å². The maximum Gasteiger partial charge on any atom is 0.0947 e. The Morgan fingerprint density at radius 1 is 1.35 bits per heavy atom. The van der Waals surface area contributed by atoms with Crippen LogP contribution in [0.4, 0.5) is 0 Å². The molecule has 0 bridgehead atoms. The number of benzene rings is 1. The van der Waals surface area contributed by atoms with Crippen molar-refractivity contribution < 1.29 is 0 Å². The molecule has 1 atom stereocenters. The molecule has 0 radical (unpaired) electrons. The number of nitrogens with one attached hydrogen (secondary N) is 1. The standard InChI is InChI=1S/C13H18N4/c1-17-9-13(15-10-17)12(16-14)8-7-11-5-3-2-4-6-11/h2-6,9-10,12,16H,7-8,14H2,1H3. The fourth-order valence-corrected chi connectivity index (χ4v) is 1.89. The summed E-state index contributed by atoms with van der Waals surface area (Å²) in [6, 6.07) is 10.5. The van der Waals surface area contributed by atoms with Gasteiger partial charge in [0.05, 0.1) is 18.1 Å². The van der Waals surface area contributed by atoms with Gasteiger partial charge in [-0.2, -0.15) is 0 Å². The number of aryl methyl sites for hydroxylation is 2. The van der Waals surface area contributed by atoms with Crippen LogP contribution in [-0.2, 0) is 13.5 Å². The van der Waals surface area contributed by atoms with Gasteiger partial charge >= 0.3 is 0 Å². The molecule has 2 aromatic rings. The van der Waals surface area contributed by atoms with Crippen LogP contribution in [0.15, 0.2) is 42.9 Å². The molecule has 17 heavy (non-hydrogen) atoms. The highest BCUT2D eigenvalue weighted by Gasteiger charge is 2.11. The van der Waals surface area contributed by atoms with Crippen molar-refractivity contribution in [1.29, 1.82) is 0 Å². The minimum Gasteiger partial charge on any atom is -0.340 e. The monoisotopic (exact) mass is 230 g/mol. The minimum absolute atomic E-state index is 0.108. The Morgan fingerprint density at radius 3 is 2.71 bits per heavy atom. The largest absolute Gasteiger partial charge is 0.340 e. The smallest absolute Gasteiger partial charge is 0.0947 e. The van der Waals surface area contributed by atoms with Gasteiger partial charge in [-0.15, -0.1) is 0 Å². The number of hydrogen-bond donors (Lipinski definition) is 2. The third-order valence-electron chi connectivity index (χ3n) is 2.85. The van der Waals surface area contributed by atoms with Gasteiger partial charge < -0.3 is 4.57 Å². The number of imidazole rings is 1. The lowest BCUT2D eigenvalue weighted by Gasteiger charge is -2.13. The first-order chi connectivity index (χ1) is 8.29. The van der Waals surface area contributed by atoms with Crippen LogP contribution in [0.1, 0.15) is 23.7 Å². The van der Waals surface area contributed by atoms with Crippen molar-refractivity contribution in [1.82, 2.24) is 15.0 Å². The number of nitrogens with two attached hydrogens (primary N) is 1. The molecular formula is C13H18N4. The Kier molecular flexibility index (Phi) is 3.90. The van der Waals surface area contributed by atoms with E-state index in [1.54, 1.807) is 6.33 Å². The van der Waals surface area contributed by atoms with Crippen LogP contribution in [0.2, 0.25) is 0 Å². The average molecular weight is 230 g/mol. The van der Waals surface area contributed by atoms with E-state index in [-0.39, 0.29) is 6.04 Å². The van der Waals surface area contributed by atoms with Crippen molar-refractivity contribution in [2.75, 3.05) is 0 Å². The highest BCUT2D eigenvalue weighted by molar-refractivity contribution is 5.15. The molecule has 0 amide bonds. The molecule has 1 unspecified atom stereocenters. The summed E-state index contributed by atoms with van der Waals surface area (Å²) in [5.74, 6) is 5.58. The molecule has 4 nitrogen and oxygen atoms in total. The molecule has 0 aliphatic carbocycles. The Labute approximate surface area is 101 Å². The van der Waals surface area contributed by atoms with E-state index in [0.29, 0.717) is 0 Å². The molecule has 0 fully saturated rings. The zero-order valence-electron chi connectivity index (χ0n) is 10.0. The molecule has 0 saturated carbocycles. The first kappa shape index (κ1) is 11.8. The predicted octanol–water partition coefficient (Wildman–Crippen LogP) is 1.56. The van der Waals surface area contributed by atoms with Crippen LogP contribution in [0.3, 0.4) is 0 Å². The van der Waals surface area contributed by atoms with Crippen molar-refractivity contribution >= 4 is 0 Å². The van der Waals surface area contributed by atoms with E-state index in [2.05, 4.69) is 34.7 Å². The summed E-state index contributed by atoms with van der Waals surface area (Å²) in [5.41, 5.74) is 5.14. The Hall–Kier alpha value is -1.65. The first-order valence-electron chi connectivity index (χ1n) is 5.77. The maximum atomic E-state index is 5.58. The van der Waals surface area contributed by atoms with E-state index in [4.69, 9.17) is 5.84 Å². The zero-order chi connectivity index (χ0) is 12.1. The summed E-state index contributed by atoms with van der Waals surface area (Å²) < 4.78 is 1.93. The number of hydrogen-bond acceptors (Lipinski definition) is 3. The highest BCUT2D eigenvalue weighted by Crippen LogP contribution is 2.16. The second-order valence-corrected chi connectivity index (χ2v) is 4.21. The topological polar surface area (TPSA) is 55.9 Å². The van der Waals surface area contributed by atoms with Crippen molar-refractivity contribution in [2.45, 2.75) is 18.9 Å². The van der Waals surface area contributed by atoms with Crippen LogP contribution >= 0.6 is 0 Å². The van der Waals surface area contributed by atoms with Crippen molar-refractivity contribution in [3.63, 3.8) is 0 Å². The lowest BCUT2D eigenvalue weighted by atomic mass is 10.0. The van der Waals surface area contributed by atoms with Crippen molar-refractivity contribution in [3.05, 3.63) is 54.1 Å². The van der Waals surface area contributed by atoms with E-state index >= 15 is 0 Å². The fourth-order valence-electron chi connectivity index (χ4n) is 1.89. The first-order valence-corrected chi connectivity index (χ1v) is 5.77. The van der Waals surface area contributed by atoms with Gasteiger partial charge in [0, 0.05) is 13.2 Å². The average Bonchev–Trinajstić information content (AvgIpc) is 2.78. The minimum atomic E-state index is 0.108. The zero-order valence-corrected chi connectivity index (χ0v) is 10.0. The van der Waals surface area contributed by atoms with Crippen LogP contribution < -0.4 is 11.3 Å². The van der Waals surface area contributed by atoms with Crippen LogP contribution in [0.5, 0.6) is 0 Å². The molecule has 1 aromatic heterocycles. The summed E-state index contributed by atoms with van der Waals surface area (Å²) in [7, 11) is 1.96. The SMILES string of the molecule is Cn1cnc(C(CCc2ccccc2)NN)c1. The summed E-state index contributed by atoms with van der Waals surface area (Å²) in [6.45, 7) is 0. The van der Waals surface area contributed by atoms with Gasteiger partial charge in [0.2, 0.25) is 0 Å². The fraction of sp³-hybridized carbons (Fsp3) is 0.308. The highest BCUT2D eigenvalue weighted by atomic mass is 15.2. The molecule has 1 heterocycles. The van der Waals surface area contributed by atoms with Crippen LogP contribution in [0.25, 0.3) is 0 Å². The maximum absolute atomic E-state index is 5.58. The molecular weight excluding hydrogens is 212 g/mol. The van der Waals surface area contributed by atoms with Gasteiger partial charge in [-0.05, 0) is 18.4 Å². The summed E-state index contributed by atoms with van der Waals surface area (Å²) >= 11 is 0. The predicted molar refractivity (Wildman–Crippen MR) is 68.0 cm³/mol. The normalized spacial score (nSPS) is 12.6. The third-order valence-corrected chi connectivity index (χ3v) is 2.85. The number of aromatic nitrogens is 2. The molecule has 0 aliphatic heterocycles. The lowest BCUT2D eigenvalue weighted by molar-refractivity contribution is 0.506.